The third kappa shape index (κ3) is 6.58. The number of benzene rings is 2. The molecule has 3 nitrogen and oxygen atoms in total. The molecule has 1 saturated heterocycles. The second kappa shape index (κ2) is 11.7. The number of carbonyl (C=O) groups is 1. The zero-order valence-electron chi connectivity index (χ0n) is 17.7. The van der Waals surface area contributed by atoms with Crippen LogP contribution < -0.4 is 5.32 Å². The first kappa shape index (κ1) is 22.3. The van der Waals surface area contributed by atoms with Gasteiger partial charge in [-0.1, -0.05) is 67.1 Å². The smallest absolute Gasteiger partial charge is 0.251 e. The Hall–Kier alpha value is -2.36. The van der Waals surface area contributed by atoms with Crippen LogP contribution in [0.2, 0.25) is 5.02 Å². The minimum atomic E-state index is -0.0352. The highest BCUT2D eigenvalue weighted by atomic mass is 35.5. The number of carbonyl (C=O) groups excluding carboxylic acids is 1. The summed E-state index contributed by atoms with van der Waals surface area (Å²) in [6.45, 7) is 6.02. The van der Waals surface area contributed by atoms with E-state index in [1.54, 1.807) is 6.07 Å². The van der Waals surface area contributed by atoms with Crippen LogP contribution in [0.25, 0.3) is 5.57 Å². The molecule has 0 aromatic heterocycles. The topological polar surface area (TPSA) is 32.3 Å². The lowest BCUT2D eigenvalue weighted by atomic mass is 10.0. The van der Waals surface area contributed by atoms with Gasteiger partial charge in [0.2, 0.25) is 0 Å². The Morgan fingerprint density at radius 3 is 2.60 bits per heavy atom. The molecule has 1 N–H and O–H groups in total. The summed E-state index contributed by atoms with van der Waals surface area (Å²) in [5.41, 5.74) is 4.03. The van der Waals surface area contributed by atoms with Crippen molar-refractivity contribution < 1.29 is 4.79 Å². The summed E-state index contributed by atoms with van der Waals surface area (Å²) in [7, 11) is 0. The number of nitrogens with one attached hydrogen (secondary N) is 1. The predicted molar refractivity (Wildman–Crippen MR) is 127 cm³/mol. The zero-order chi connectivity index (χ0) is 21.2. The van der Waals surface area contributed by atoms with Crippen molar-refractivity contribution in [1.82, 2.24) is 10.2 Å². The summed E-state index contributed by atoms with van der Waals surface area (Å²) in [4.78, 5) is 14.9. The number of hydrogen-bond acceptors (Lipinski definition) is 2. The molecular formula is C26H31ClN2O. The minimum absolute atomic E-state index is 0.0352. The summed E-state index contributed by atoms with van der Waals surface area (Å²) in [6.07, 6.45) is 10.7. The fourth-order valence-corrected chi connectivity index (χ4v) is 3.95. The Bertz CT molecular complexity index is 883. The van der Waals surface area contributed by atoms with Crippen molar-refractivity contribution in [2.24, 2.45) is 0 Å². The third-order valence-corrected chi connectivity index (χ3v) is 5.76. The quantitative estimate of drug-likeness (QED) is 0.521. The van der Waals surface area contributed by atoms with E-state index in [0.29, 0.717) is 23.6 Å². The average Bonchev–Trinajstić information content (AvgIpc) is 3.28. The minimum Gasteiger partial charge on any atom is -0.351 e. The van der Waals surface area contributed by atoms with Gasteiger partial charge in [-0.2, -0.15) is 0 Å². The van der Waals surface area contributed by atoms with Crippen LogP contribution >= 0.6 is 11.6 Å². The number of amides is 1. The lowest BCUT2D eigenvalue weighted by Crippen LogP contribution is -2.33. The molecule has 158 valence electrons. The van der Waals surface area contributed by atoms with Crippen LogP contribution in [0.3, 0.4) is 0 Å². The molecule has 2 aromatic rings. The summed E-state index contributed by atoms with van der Waals surface area (Å²) >= 11 is 6.40. The van der Waals surface area contributed by atoms with Gasteiger partial charge in [0, 0.05) is 23.7 Å². The predicted octanol–water partition coefficient (Wildman–Crippen LogP) is 5.76. The standard InChI is InChI=1S/C26H31ClN2O/c1-2-9-21(22-10-4-3-5-11-22)12-8-13-23-20-24(14-15-25(23)27)26(30)28-16-19-29-17-6-7-18-29/h3-5,8-12,14-15,20H,2,6-7,13,16-19H2,1H3,(H,28,30)/b12-8-,21-9+. The van der Waals surface area contributed by atoms with Gasteiger partial charge in [-0.05, 0) is 73.7 Å². The fraction of sp³-hybridized carbons (Fsp3) is 0.346. The zero-order valence-corrected chi connectivity index (χ0v) is 18.5. The normalized spacial score (nSPS) is 15.1. The first-order valence-corrected chi connectivity index (χ1v) is 11.3. The highest BCUT2D eigenvalue weighted by Gasteiger charge is 2.12. The number of likely N-dealkylation sites (tertiary alicyclic amines) is 1. The number of allylic oxidation sites excluding steroid dienone is 4. The van der Waals surface area contributed by atoms with Gasteiger partial charge in [0.15, 0.2) is 0 Å². The summed E-state index contributed by atoms with van der Waals surface area (Å²) < 4.78 is 0. The van der Waals surface area contributed by atoms with Crippen molar-refractivity contribution >= 4 is 23.1 Å². The van der Waals surface area contributed by atoms with E-state index < -0.39 is 0 Å². The molecule has 2 aromatic carbocycles. The highest BCUT2D eigenvalue weighted by molar-refractivity contribution is 6.31. The van der Waals surface area contributed by atoms with E-state index in [1.807, 2.05) is 18.2 Å². The van der Waals surface area contributed by atoms with Gasteiger partial charge in [0.25, 0.3) is 5.91 Å². The van der Waals surface area contributed by atoms with Crippen molar-refractivity contribution in [3.63, 3.8) is 0 Å². The molecule has 1 heterocycles. The van der Waals surface area contributed by atoms with Gasteiger partial charge < -0.3 is 10.2 Å². The summed E-state index contributed by atoms with van der Waals surface area (Å²) in [6, 6.07) is 15.9. The van der Waals surface area contributed by atoms with E-state index in [9.17, 15) is 4.79 Å². The second-order valence-corrected chi connectivity index (χ2v) is 8.06. The van der Waals surface area contributed by atoms with Gasteiger partial charge >= 0.3 is 0 Å². The van der Waals surface area contributed by atoms with Crippen LogP contribution in [-0.2, 0) is 6.42 Å². The SMILES string of the molecule is CC/C=C(\C=C/Cc1cc(C(=O)NCCN2CCCC2)ccc1Cl)c1ccccc1. The van der Waals surface area contributed by atoms with Crippen molar-refractivity contribution in [2.75, 3.05) is 26.2 Å². The molecule has 4 heteroatoms. The molecule has 1 aliphatic heterocycles. The maximum Gasteiger partial charge on any atom is 0.251 e. The van der Waals surface area contributed by atoms with Crippen LogP contribution in [0, 0.1) is 0 Å². The van der Waals surface area contributed by atoms with Crippen molar-refractivity contribution in [3.05, 3.63) is 88.5 Å². The average molecular weight is 423 g/mol. The molecule has 1 amide bonds. The number of halogens is 1. The van der Waals surface area contributed by atoms with E-state index in [2.05, 4.69) is 59.6 Å². The number of hydrogen-bond donors (Lipinski definition) is 1. The molecular weight excluding hydrogens is 392 g/mol. The Morgan fingerprint density at radius 1 is 1.10 bits per heavy atom. The molecule has 0 aliphatic carbocycles. The van der Waals surface area contributed by atoms with Gasteiger partial charge in [-0.25, -0.2) is 0 Å². The Morgan fingerprint density at radius 2 is 1.87 bits per heavy atom. The van der Waals surface area contributed by atoms with Crippen molar-refractivity contribution in [2.45, 2.75) is 32.6 Å². The van der Waals surface area contributed by atoms with Crippen molar-refractivity contribution in [1.29, 1.82) is 0 Å². The number of rotatable bonds is 9. The first-order valence-electron chi connectivity index (χ1n) is 10.9. The molecule has 0 atom stereocenters. The first-order chi connectivity index (χ1) is 14.7. The van der Waals surface area contributed by atoms with Crippen LogP contribution in [0.1, 0.15) is 47.7 Å². The van der Waals surface area contributed by atoms with Gasteiger partial charge in [-0.15, -0.1) is 0 Å². The molecule has 0 unspecified atom stereocenters. The van der Waals surface area contributed by atoms with E-state index in [-0.39, 0.29) is 5.91 Å². The second-order valence-electron chi connectivity index (χ2n) is 7.65. The molecule has 1 fully saturated rings. The van der Waals surface area contributed by atoms with Gasteiger partial charge in [0.05, 0.1) is 0 Å². The van der Waals surface area contributed by atoms with Crippen LogP contribution in [0.4, 0.5) is 0 Å². The summed E-state index contributed by atoms with van der Waals surface area (Å²) in [5.74, 6) is -0.0352. The van der Waals surface area contributed by atoms with Crippen LogP contribution in [0.5, 0.6) is 0 Å². The van der Waals surface area contributed by atoms with Crippen LogP contribution in [-0.4, -0.2) is 37.0 Å². The lowest BCUT2D eigenvalue weighted by Gasteiger charge is -2.15. The van der Waals surface area contributed by atoms with E-state index in [1.165, 1.54) is 24.0 Å². The van der Waals surface area contributed by atoms with E-state index >= 15 is 0 Å². The molecule has 1 aliphatic rings. The molecule has 30 heavy (non-hydrogen) atoms. The van der Waals surface area contributed by atoms with E-state index in [4.69, 9.17) is 11.6 Å². The third-order valence-electron chi connectivity index (χ3n) is 5.39. The van der Waals surface area contributed by atoms with Crippen molar-refractivity contribution in [3.8, 4) is 0 Å². The molecule has 0 radical (unpaired) electrons. The fourth-order valence-electron chi connectivity index (χ4n) is 3.75. The molecule has 3 rings (SSSR count). The Labute approximate surface area is 185 Å². The largest absolute Gasteiger partial charge is 0.351 e. The summed E-state index contributed by atoms with van der Waals surface area (Å²) in [5, 5.41) is 3.72. The van der Waals surface area contributed by atoms with Gasteiger partial charge in [-0.3, -0.25) is 4.79 Å². The Balaban J connectivity index is 1.60. The monoisotopic (exact) mass is 422 g/mol. The van der Waals surface area contributed by atoms with Gasteiger partial charge in [0.1, 0.15) is 0 Å². The van der Waals surface area contributed by atoms with E-state index in [0.717, 1.165) is 31.6 Å². The maximum absolute atomic E-state index is 12.5. The molecule has 0 spiro atoms. The number of nitrogens with zero attached hydrogens (tertiary/aromatic N) is 1. The molecule has 0 saturated carbocycles. The molecule has 0 bridgehead atoms. The highest BCUT2D eigenvalue weighted by Crippen LogP contribution is 2.21. The van der Waals surface area contributed by atoms with Crippen LogP contribution in [0.15, 0.2) is 66.8 Å². The Kier molecular flexibility index (Phi) is 8.73. The maximum atomic E-state index is 12.5. The lowest BCUT2D eigenvalue weighted by molar-refractivity contribution is 0.0949.